The molecule has 3 aromatic heterocycles. The van der Waals surface area contributed by atoms with Gasteiger partial charge in [0.25, 0.3) is 5.91 Å². The third-order valence-electron chi connectivity index (χ3n) is 5.26. The number of fused-ring (bicyclic) bond motifs is 2. The Morgan fingerprint density at radius 1 is 1.06 bits per heavy atom. The number of hydrogen-bond donors (Lipinski definition) is 2. The van der Waals surface area contributed by atoms with E-state index in [9.17, 15) is 4.79 Å². The van der Waals surface area contributed by atoms with Gasteiger partial charge < -0.3 is 5.32 Å². The Labute approximate surface area is 188 Å². The van der Waals surface area contributed by atoms with Gasteiger partial charge in [-0.3, -0.25) is 14.9 Å². The molecule has 0 bridgehead atoms. The third kappa shape index (κ3) is 4.15. The molecule has 32 heavy (non-hydrogen) atoms. The molecule has 8 heteroatoms. The number of amides is 1. The lowest BCUT2D eigenvalue weighted by atomic mass is 10.0. The molecular formula is C24H19ClN6O. The van der Waals surface area contributed by atoms with Crippen LogP contribution in [0.4, 0.5) is 0 Å². The van der Waals surface area contributed by atoms with E-state index in [4.69, 9.17) is 11.6 Å². The summed E-state index contributed by atoms with van der Waals surface area (Å²) in [5.41, 5.74) is 5.90. The summed E-state index contributed by atoms with van der Waals surface area (Å²) in [6, 6.07) is 15.4. The summed E-state index contributed by atoms with van der Waals surface area (Å²) >= 11 is 6.08. The molecule has 0 aliphatic carbocycles. The molecule has 7 nitrogen and oxygen atoms in total. The first-order valence-electron chi connectivity index (χ1n) is 10.1. The van der Waals surface area contributed by atoms with E-state index in [1.54, 1.807) is 12.1 Å². The van der Waals surface area contributed by atoms with Crippen molar-refractivity contribution in [2.75, 3.05) is 0 Å². The number of hydrogen-bond acceptors (Lipinski definition) is 5. The fourth-order valence-corrected chi connectivity index (χ4v) is 3.84. The molecule has 158 valence electrons. The highest BCUT2D eigenvalue weighted by atomic mass is 35.5. The summed E-state index contributed by atoms with van der Waals surface area (Å²) in [5, 5.41) is 20.9. The molecule has 0 saturated heterocycles. The summed E-state index contributed by atoms with van der Waals surface area (Å²) < 4.78 is 0. The van der Waals surface area contributed by atoms with Crippen LogP contribution in [-0.2, 0) is 13.0 Å². The number of aromatic nitrogens is 5. The van der Waals surface area contributed by atoms with Crippen molar-refractivity contribution in [2.24, 2.45) is 0 Å². The van der Waals surface area contributed by atoms with Crippen LogP contribution in [0.15, 0.2) is 60.9 Å². The van der Waals surface area contributed by atoms with Crippen molar-refractivity contribution in [3.05, 3.63) is 94.0 Å². The van der Waals surface area contributed by atoms with Crippen LogP contribution in [0, 0.1) is 6.92 Å². The molecule has 0 spiro atoms. The first-order valence-corrected chi connectivity index (χ1v) is 10.5. The van der Waals surface area contributed by atoms with Gasteiger partial charge in [0, 0.05) is 28.4 Å². The topological polar surface area (TPSA) is 96.5 Å². The molecule has 0 fully saturated rings. The second kappa shape index (κ2) is 8.36. The second-order valence-corrected chi connectivity index (χ2v) is 8.13. The summed E-state index contributed by atoms with van der Waals surface area (Å²) in [5.74, 6) is -0.232. The lowest BCUT2D eigenvalue weighted by molar-refractivity contribution is 0.0950. The molecule has 0 aliphatic rings. The predicted octanol–water partition coefficient (Wildman–Crippen LogP) is 4.38. The second-order valence-electron chi connectivity index (χ2n) is 7.70. The van der Waals surface area contributed by atoms with Crippen LogP contribution in [0.1, 0.15) is 32.9 Å². The van der Waals surface area contributed by atoms with Crippen LogP contribution in [-0.4, -0.2) is 31.3 Å². The largest absolute Gasteiger partial charge is 0.346 e. The van der Waals surface area contributed by atoms with Crippen LogP contribution in [0.2, 0.25) is 5.02 Å². The number of carbonyl (C=O) groups excluding carboxylic acids is 1. The maximum atomic E-state index is 12.7. The number of aromatic amines is 1. The van der Waals surface area contributed by atoms with Crippen molar-refractivity contribution < 1.29 is 4.79 Å². The molecule has 0 atom stereocenters. The highest BCUT2D eigenvalue weighted by molar-refractivity contribution is 6.31. The van der Waals surface area contributed by atoms with Crippen molar-refractivity contribution in [2.45, 2.75) is 19.9 Å². The van der Waals surface area contributed by atoms with Crippen molar-refractivity contribution in [1.29, 1.82) is 0 Å². The molecule has 3 heterocycles. The van der Waals surface area contributed by atoms with E-state index in [0.29, 0.717) is 23.6 Å². The van der Waals surface area contributed by atoms with Gasteiger partial charge in [-0.2, -0.15) is 15.3 Å². The molecule has 5 aromatic rings. The molecule has 2 aromatic carbocycles. The van der Waals surface area contributed by atoms with Crippen LogP contribution in [0.5, 0.6) is 0 Å². The van der Waals surface area contributed by atoms with Crippen molar-refractivity contribution >= 4 is 39.3 Å². The smallest absolute Gasteiger partial charge is 0.253 e. The molecule has 2 N–H and O–H groups in total. The van der Waals surface area contributed by atoms with E-state index in [2.05, 4.69) is 42.8 Å². The van der Waals surface area contributed by atoms with E-state index >= 15 is 0 Å². The molecule has 1 amide bonds. The average molecular weight is 443 g/mol. The zero-order valence-corrected chi connectivity index (χ0v) is 18.0. The standard InChI is InChI=1S/C24H19ClN6O/c1-14-6-16-7-15(2-4-21(16)26-11-14)8-19-9-17(12-28-29-19)24(32)27-13-23-20-10-18(25)3-5-22(20)30-31-23/h2-7,9-12H,8,13H2,1H3,(H,27,32)(H,30,31). The normalized spacial score (nSPS) is 11.2. The highest BCUT2D eigenvalue weighted by Crippen LogP contribution is 2.21. The third-order valence-corrected chi connectivity index (χ3v) is 5.49. The van der Waals surface area contributed by atoms with E-state index < -0.39 is 0 Å². The first kappa shape index (κ1) is 20.1. The summed E-state index contributed by atoms with van der Waals surface area (Å²) in [7, 11) is 0. The molecule has 0 radical (unpaired) electrons. The van der Waals surface area contributed by atoms with Crippen molar-refractivity contribution in [3.8, 4) is 0 Å². The molecule has 5 rings (SSSR count). The fraction of sp³-hybridized carbons (Fsp3) is 0.125. The van der Waals surface area contributed by atoms with Crippen LogP contribution < -0.4 is 5.32 Å². The maximum absolute atomic E-state index is 12.7. The van der Waals surface area contributed by atoms with Gasteiger partial charge in [0.2, 0.25) is 0 Å². The van der Waals surface area contributed by atoms with Gasteiger partial charge >= 0.3 is 0 Å². The predicted molar refractivity (Wildman–Crippen MR) is 124 cm³/mol. The number of nitrogens with one attached hydrogen (secondary N) is 2. The minimum absolute atomic E-state index is 0.232. The highest BCUT2D eigenvalue weighted by Gasteiger charge is 2.11. The molecule has 0 saturated carbocycles. The summed E-state index contributed by atoms with van der Waals surface area (Å²) in [6.07, 6.45) is 3.90. The number of benzene rings is 2. The van der Waals surface area contributed by atoms with Crippen molar-refractivity contribution in [1.82, 2.24) is 30.7 Å². The van der Waals surface area contributed by atoms with E-state index in [-0.39, 0.29) is 5.91 Å². The molecule has 0 aliphatic heterocycles. The van der Waals surface area contributed by atoms with E-state index in [1.807, 2.05) is 37.4 Å². The van der Waals surface area contributed by atoms with Crippen LogP contribution >= 0.6 is 11.6 Å². The molecule has 0 unspecified atom stereocenters. The summed E-state index contributed by atoms with van der Waals surface area (Å²) in [4.78, 5) is 17.1. The molecular weight excluding hydrogens is 424 g/mol. The number of nitrogens with zero attached hydrogens (tertiary/aromatic N) is 4. The van der Waals surface area contributed by atoms with Crippen LogP contribution in [0.3, 0.4) is 0 Å². The maximum Gasteiger partial charge on any atom is 0.253 e. The average Bonchev–Trinajstić information content (AvgIpc) is 3.19. The quantitative estimate of drug-likeness (QED) is 0.421. The Balaban J connectivity index is 1.31. The van der Waals surface area contributed by atoms with Gasteiger partial charge in [-0.05, 0) is 60.5 Å². The zero-order valence-electron chi connectivity index (χ0n) is 17.3. The van der Waals surface area contributed by atoms with Gasteiger partial charge in [-0.25, -0.2) is 0 Å². The Bertz CT molecular complexity index is 1460. The fourth-order valence-electron chi connectivity index (χ4n) is 3.67. The Hall–Kier alpha value is -3.84. The van der Waals surface area contributed by atoms with Gasteiger partial charge in [0.15, 0.2) is 0 Å². The van der Waals surface area contributed by atoms with Gasteiger partial charge in [0.05, 0.1) is 40.7 Å². The Morgan fingerprint density at radius 2 is 1.94 bits per heavy atom. The minimum atomic E-state index is -0.232. The van der Waals surface area contributed by atoms with Crippen molar-refractivity contribution in [3.63, 3.8) is 0 Å². The zero-order chi connectivity index (χ0) is 22.1. The van der Waals surface area contributed by atoms with Crippen LogP contribution in [0.25, 0.3) is 21.8 Å². The number of rotatable bonds is 5. The van der Waals surface area contributed by atoms with Gasteiger partial charge in [-0.1, -0.05) is 17.7 Å². The number of aryl methyl sites for hydroxylation is 1. The van der Waals surface area contributed by atoms with E-state index in [1.165, 1.54) is 6.20 Å². The Kier molecular flexibility index (Phi) is 5.25. The summed E-state index contributed by atoms with van der Waals surface area (Å²) in [6.45, 7) is 2.32. The first-order chi connectivity index (χ1) is 15.5. The van der Waals surface area contributed by atoms with Gasteiger partial charge in [0.1, 0.15) is 0 Å². The monoisotopic (exact) mass is 442 g/mol. The lowest BCUT2D eigenvalue weighted by Crippen LogP contribution is -2.23. The SMILES string of the molecule is Cc1cnc2ccc(Cc3cc(C(=O)NCc4[nH]nc5ccc(Cl)cc45)cnn3)cc2c1. The van der Waals surface area contributed by atoms with Gasteiger partial charge in [-0.15, -0.1) is 0 Å². The minimum Gasteiger partial charge on any atom is -0.346 e. The van der Waals surface area contributed by atoms with E-state index in [0.717, 1.165) is 44.3 Å². The number of H-pyrrole nitrogens is 1. The number of pyridine rings is 1. The number of halogens is 1. The lowest BCUT2D eigenvalue weighted by Gasteiger charge is -2.07. The number of carbonyl (C=O) groups is 1. The Morgan fingerprint density at radius 3 is 2.84 bits per heavy atom.